The number of benzene rings is 2. The Balaban J connectivity index is 1.99. The summed E-state index contributed by atoms with van der Waals surface area (Å²) in [6.07, 6.45) is 3.82. The Labute approximate surface area is 134 Å². The summed E-state index contributed by atoms with van der Waals surface area (Å²) in [5, 5.41) is 8.22. The topological polar surface area (TPSA) is 75.2 Å². The van der Waals surface area contributed by atoms with E-state index in [4.69, 9.17) is 4.52 Å². The highest BCUT2D eigenvalue weighted by molar-refractivity contribution is 7.61. The maximum absolute atomic E-state index is 12.2. The molecular formula is C17H17N2O3P. The van der Waals surface area contributed by atoms with Crippen LogP contribution in [0.2, 0.25) is 0 Å². The van der Waals surface area contributed by atoms with Gasteiger partial charge in [-0.1, -0.05) is 36.4 Å². The molecule has 23 heavy (non-hydrogen) atoms. The van der Waals surface area contributed by atoms with Crippen molar-refractivity contribution in [3.8, 4) is 0 Å². The van der Waals surface area contributed by atoms with Crippen LogP contribution in [0.25, 0.3) is 23.1 Å². The van der Waals surface area contributed by atoms with Gasteiger partial charge in [-0.25, -0.2) is 0 Å². The SMILES string of the molecule is CCOP(=O)(O)c1ccc2[nH]nc(/C=C/c3ccccc3)c2c1. The van der Waals surface area contributed by atoms with Crippen molar-refractivity contribution in [2.45, 2.75) is 6.92 Å². The fraction of sp³-hybridized carbons (Fsp3) is 0.118. The number of rotatable bonds is 5. The molecule has 0 bridgehead atoms. The second-order valence-electron chi connectivity index (χ2n) is 5.02. The van der Waals surface area contributed by atoms with Gasteiger partial charge in [0.1, 0.15) is 0 Å². The predicted molar refractivity (Wildman–Crippen MR) is 92.5 cm³/mol. The van der Waals surface area contributed by atoms with Gasteiger partial charge in [-0.05, 0) is 36.8 Å². The van der Waals surface area contributed by atoms with Crippen LogP contribution >= 0.6 is 7.60 Å². The third-order valence-corrected chi connectivity index (χ3v) is 4.98. The first-order valence-corrected chi connectivity index (χ1v) is 8.87. The van der Waals surface area contributed by atoms with Gasteiger partial charge in [-0.2, -0.15) is 5.10 Å². The van der Waals surface area contributed by atoms with E-state index in [-0.39, 0.29) is 11.9 Å². The summed E-state index contributed by atoms with van der Waals surface area (Å²) in [5.41, 5.74) is 2.57. The van der Waals surface area contributed by atoms with Gasteiger partial charge >= 0.3 is 7.60 Å². The number of aromatic amines is 1. The lowest BCUT2D eigenvalue weighted by atomic mass is 10.1. The lowest BCUT2D eigenvalue weighted by molar-refractivity contribution is 0.284. The van der Waals surface area contributed by atoms with Gasteiger partial charge in [0.05, 0.1) is 23.1 Å². The molecule has 0 aliphatic carbocycles. The Morgan fingerprint density at radius 1 is 1.22 bits per heavy atom. The normalized spacial score (nSPS) is 14.3. The molecule has 1 heterocycles. The second kappa shape index (κ2) is 6.50. The lowest BCUT2D eigenvalue weighted by Gasteiger charge is -2.10. The molecule has 0 aliphatic heterocycles. The Kier molecular flexibility index (Phi) is 4.44. The van der Waals surface area contributed by atoms with Crippen LogP contribution in [0.15, 0.2) is 48.5 Å². The van der Waals surface area contributed by atoms with Gasteiger partial charge in [0.2, 0.25) is 0 Å². The van der Waals surface area contributed by atoms with Crippen molar-refractivity contribution in [1.29, 1.82) is 0 Å². The number of nitrogens with one attached hydrogen (secondary N) is 1. The number of fused-ring (bicyclic) bond motifs is 1. The Morgan fingerprint density at radius 3 is 2.74 bits per heavy atom. The molecule has 1 aromatic heterocycles. The molecule has 2 aromatic carbocycles. The summed E-state index contributed by atoms with van der Waals surface area (Å²) in [6.45, 7) is 1.87. The smallest absolute Gasteiger partial charge is 0.321 e. The third kappa shape index (κ3) is 3.42. The molecule has 3 aromatic rings. The Morgan fingerprint density at radius 2 is 2.00 bits per heavy atom. The number of hydrogen-bond acceptors (Lipinski definition) is 3. The first-order chi connectivity index (χ1) is 11.1. The van der Waals surface area contributed by atoms with E-state index in [9.17, 15) is 9.46 Å². The van der Waals surface area contributed by atoms with E-state index < -0.39 is 7.60 Å². The van der Waals surface area contributed by atoms with E-state index in [1.54, 1.807) is 25.1 Å². The van der Waals surface area contributed by atoms with Crippen LogP contribution in [-0.2, 0) is 9.09 Å². The Hall–Kier alpha value is -2.20. The Bertz CT molecular complexity index is 887. The van der Waals surface area contributed by atoms with E-state index in [2.05, 4.69) is 10.2 Å². The molecule has 1 unspecified atom stereocenters. The van der Waals surface area contributed by atoms with Crippen LogP contribution in [0.5, 0.6) is 0 Å². The summed E-state index contributed by atoms with van der Waals surface area (Å²) in [6, 6.07) is 14.8. The highest BCUT2D eigenvalue weighted by atomic mass is 31.2. The van der Waals surface area contributed by atoms with Crippen LogP contribution in [0, 0.1) is 0 Å². The molecule has 1 atom stereocenters. The molecule has 5 nitrogen and oxygen atoms in total. The molecule has 3 rings (SSSR count). The summed E-state index contributed by atoms with van der Waals surface area (Å²) < 4.78 is 17.1. The van der Waals surface area contributed by atoms with Crippen molar-refractivity contribution in [3.63, 3.8) is 0 Å². The number of H-pyrrole nitrogens is 1. The van der Waals surface area contributed by atoms with Crippen molar-refractivity contribution in [2.24, 2.45) is 0 Å². The fourth-order valence-corrected chi connectivity index (χ4v) is 3.37. The third-order valence-electron chi connectivity index (χ3n) is 3.44. The average Bonchev–Trinajstić information content (AvgIpc) is 2.96. The van der Waals surface area contributed by atoms with Gasteiger partial charge in [-0.3, -0.25) is 9.66 Å². The van der Waals surface area contributed by atoms with Crippen LogP contribution in [0.3, 0.4) is 0 Å². The first-order valence-electron chi connectivity index (χ1n) is 7.29. The summed E-state index contributed by atoms with van der Waals surface area (Å²) >= 11 is 0. The van der Waals surface area contributed by atoms with Gasteiger partial charge in [-0.15, -0.1) is 0 Å². The zero-order chi connectivity index (χ0) is 16.3. The average molecular weight is 328 g/mol. The van der Waals surface area contributed by atoms with Gasteiger partial charge in [0, 0.05) is 5.39 Å². The number of nitrogens with zero attached hydrogens (tertiary/aromatic N) is 1. The van der Waals surface area contributed by atoms with Crippen molar-refractivity contribution in [3.05, 3.63) is 59.8 Å². The van der Waals surface area contributed by atoms with Crippen molar-refractivity contribution in [1.82, 2.24) is 10.2 Å². The monoisotopic (exact) mass is 328 g/mol. The van der Waals surface area contributed by atoms with E-state index in [1.165, 1.54) is 0 Å². The van der Waals surface area contributed by atoms with Crippen molar-refractivity contribution < 1.29 is 14.0 Å². The largest absolute Gasteiger partial charge is 0.358 e. The molecule has 0 fully saturated rings. The van der Waals surface area contributed by atoms with Crippen molar-refractivity contribution >= 4 is 36.0 Å². The summed E-state index contributed by atoms with van der Waals surface area (Å²) in [4.78, 5) is 9.97. The highest BCUT2D eigenvalue weighted by Crippen LogP contribution is 2.41. The number of aromatic nitrogens is 2. The molecular weight excluding hydrogens is 311 g/mol. The summed E-state index contributed by atoms with van der Waals surface area (Å²) in [5.74, 6) is 0. The van der Waals surface area contributed by atoms with Gasteiger partial charge in [0.25, 0.3) is 0 Å². The zero-order valence-electron chi connectivity index (χ0n) is 12.6. The maximum Gasteiger partial charge on any atom is 0.358 e. The molecule has 6 heteroatoms. The van der Waals surface area contributed by atoms with E-state index in [0.29, 0.717) is 5.69 Å². The molecule has 0 radical (unpaired) electrons. The lowest BCUT2D eigenvalue weighted by Crippen LogP contribution is -2.06. The quantitative estimate of drug-likeness (QED) is 0.702. The zero-order valence-corrected chi connectivity index (χ0v) is 13.5. The molecule has 0 amide bonds. The van der Waals surface area contributed by atoms with Gasteiger partial charge in [0.15, 0.2) is 0 Å². The maximum atomic E-state index is 12.2. The minimum atomic E-state index is -3.79. The molecule has 0 saturated heterocycles. The predicted octanol–water partition coefficient (Wildman–Crippen LogP) is 3.58. The first kappa shape index (κ1) is 15.7. The molecule has 118 valence electrons. The molecule has 2 N–H and O–H groups in total. The minimum absolute atomic E-state index is 0.179. The van der Waals surface area contributed by atoms with Crippen LogP contribution < -0.4 is 5.30 Å². The minimum Gasteiger partial charge on any atom is -0.321 e. The highest BCUT2D eigenvalue weighted by Gasteiger charge is 2.22. The van der Waals surface area contributed by atoms with Crippen LogP contribution in [0.1, 0.15) is 18.2 Å². The van der Waals surface area contributed by atoms with Gasteiger partial charge < -0.3 is 9.42 Å². The molecule has 0 spiro atoms. The van der Waals surface area contributed by atoms with Crippen molar-refractivity contribution in [2.75, 3.05) is 6.61 Å². The van der Waals surface area contributed by atoms with Crippen LogP contribution in [-0.4, -0.2) is 21.7 Å². The number of hydrogen-bond donors (Lipinski definition) is 2. The van der Waals surface area contributed by atoms with E-state index in [0.717, 1.165) is 16.5 Å². The fourth-order valence-electron chi connectivity index (χ4n) is 2.31. The van der Waals surface area contributed by atoms with E-state index in [1.807, 2.05) is 42.5 Å². The second-order valence-corrected chi connectivity index (χ2v) is 6.84. The summed E-state index contributed by atoms with van der Waals surface area (Å²) in [7, 11) is -3.79. The molecule has 0 aliphatic rings. The molecule has 0 saturated carbocycles. The standard InChI is InChI=1S/C17H17N2O3P/c1-2-22-23(20,21)14-9-11-17-15(12-14)16(18-19-17)10-8-13-6-4-3-5-7-13/h3-12H,2H2,1H3,(H,18,19)(H,20,21)/b10-8+. The van der Waals surface area contributed by atoms with Crippen LogP contribution in [0.4, 0.5) is 0 Å². The van der Waals surface area contributed by atoms with E-state index >= 15 is 0 Å².